The van der Waals surface area contributed by atoms with E-state index in [1.54, 1.807) is 18.3 Å². The quantitative estimate of drug-likeness (QED) is 0.938. The van der Waals surface area contributed by atoms with E-state index in [4.69, 9.17) is 16.3 Å². The summed E-state index contributed by atoms with van der Waals surface area (Å²) in [5.41, 5.74) is 0.632. The zero-order valence-corrected chi connectivity index (χ0v) is 11.7. The van der Waals surface area contributed by atoms with Gasteiger partial charge in [-0.2, -0.15) is 0 Å². The van der Waals surface area contributed by atoms with E-state index in [2.05, 4.69) is 30.9 Å². The first-order valence-corrected chi connectivity index (χ1v) is 6.19. The Morgan fingerprint density at radius 3 is 3.00 bits per heavy atom. The van der Waals surface area contributed by atoms with Crippen molar-refractivity contribution in [1.29, 1.82) is 0 Å². The Balaban J connectivity index is 2.59. The van der Waals surface area contributed by atoms with Crippen molar-refractivity contribution in [2.75, 3.05) is 7.11 Å². The molecular weight excluding hydrogens is 321 g/mol. The van der Waals surface area contributed by atoms with Crippen LogP contribution in [0.3, 0.4) is 0 Å². The smallest absolute Gasteiger partial charge is 0.265 e. The second kappa shape index (κ2) is 5.60. The van der Waals surface area contributed by atoms with Gasteiger partial charge >= 0.3 is 0 Å². The first-order valence-electron chi connectivity index (χ1n) is 5.02. The number of nitrogens with zero attached hydrogens (tertiary/aromatic N) is 2. The molecule has 0 saturated carbocycles. The molecule has 2 heterocycles. The first kappa shape index (κ1) is 13.2. The highest BCUT2D eigenvalue weighted by Crippen LogP contribution is 2.22. The van der Waals surface area contributed by atoms with E-state index in [1.165, 1.54) is 7.11 Å². The Labute approximate surface area is 116 Å². The molecule has 0 fully saturated rings. The summed E-state index contributed by atoms with van der Waals surface area (Å²) in [4.78, 5) is 22.7. The largest absolute Gasteiger partial charge is 0.378 e. The van der Waals surface area contributed by atoms with Gasteiger partial charge in [-0.3, -0.25) is 9.78 Å². The summed E-state index contributed by atoms with van der Waals surface area (Å²) in [6.45, 7) is 0.224. The molecule has 7 heteroatoms. The summed E-state index contributed by atoms with van der Waals surface area (Å²) in [5, 5.41) is 0.423. The molecule has 0 spiro atoms. The molecule has 0 aliphatic heterocycles. The number of pyridine rings is 1. The summed E-state index contributed by atoms with van der Waals surface area (Å²) in [6, 6.07) is 3.39. The van der Waals surface area contributed by atoms with Gasteiger partial charge in [-0.05, 0) is 28.1 Å². The molecule has 0 atom stereocenters. The maximum atomic E-state index is 11.8. The van der Waals surface area contributed by atoms with Gasteiger partial charge in [0.05, 0.1) is 17.3 Å². The van der Waals surface area contributed by atoms with Gasteiger partial charge < -0.3 is 9.72 Å². The van der Waals surface area contributed by atoms with Crippen LogP contribution < -0.4 is 5.56 Å². The fraction of sp³-hybridized carbons (Fsp3) is 0.182. The van der Waals surface area contributed by atoms with Crippen LogP contribution in [0.1, 0.15) is 5.69 Å². The lowest BCUT2D eigenvalue weighted by molar-refractivity contribution is 0.180. The molecule has 0 bridgehead atoms. The number of aromatic nitrogens is 3. The lowest BCUT2D eigenvalue weighted by Gasteiger charge is -2.06. The number of ether oxygens (including phenoxy) is 1. The maximum Gasteiger partial charge on any atom is 0.265 e. The van der Waals surface area contributed by atoms with Crippen LogP contribution in [0.4, 0.5) is 0 Å². The van der Waals surface area contributed by atoms with Gasteiger partial charge in [0.25, 0.3) is 5.56 Å². The van der Waals surface area contributed by atoms with Crippen LogP contribution in [0.15, 0.2) is 27.6 Å². The number of hydrogen-bond acceptors (Lipinski definition) is 4. The second-order valence-electron chi connectivity index (χ2n) is 3.44. The minimum Gasteiger partial charge on any atom is -0.378 e. The molecule has 0 aliphatic carbocycles. The maximum absolute atomic E-state index is 11.8. The topological polar surface area (TPSA) is 67.9 Å². The standard InChI is InChI=1S/C11H9BrClN3O2/c1-18-5-7-8(12)11(17)16-10(15-7)9-6(13)3-2-4-14-9/h2-4H,5H2,1H3,(H,15,16,17). The predicted octanol–water partition coefficient (Wildman–Crippen LogP) is 2.39. The predicted molar refractivity (Wildman–Crippen MR) is 71.5 cm³/mol. The Hall–Kier alpha value is -1.24. The molecule has 0 radical (unpaired) electrons. The Kier molecular flexibility index (Phi) is 4.11. The van der Waals surface area contributed by atoms with Crippen LogP contribution in [-0.2, 0) is 11.3 Å². The average molecular weight is 331 g/mol. The van der Waals surface area contributed by atoms with Crippen molar-refractivity contribution in [2.24, 2.45) is 0 Å². The number of methoxy groups -OCH3 is 1. The number of rotatable bonds is 3. The first-order chi connectivity index (χ1) is 8.63. The highest BCUT2D eigenvalue weighted by molar-refractivity contribution is 9.10. The number of aromatic amines is 1. The lowest BCUT2D eigenvalue weighted by atomic mass is 10.3. The molecule has 0 amide bonds. The van der Waals surface area contributed by atoms with Crippen LogP contribution in [0.5, 0.6) is 0 Å². The van der Waals surface area contributed by atoms with Crippen molar-refractivity contribution in [2.45, 2.75) is 6.61 Å². The van der Waals surface area contributed by atoms with Gasteiger partial charge in [0, 0.05) is 13.3 Å². The zero-order chi connectivity index (χ0) is 13.1. The third-order valence-electron chi connectivity index (χ3n) is 2.20. The van der Waals surface area contributed by atoms with Crippen molar-refractivity contribution in [3.63, 3.8) is 0 Å². The van der Waals surface area contributed by atoms with Crippen LogP contribution in [-0.4, -0.2) is 22.1 Å². The third kappa shape index (κ3) is 2.60. The molecule has 1 N–H and O–H groups in total. The summed E-state index contributed by atoms with van der Waals surface area (Å²) in [7, 11) is 1.53. The van der Waals surface area contributed by atoms with Crippen molar-refractivity contribution in [3.8, 4) is 11.5 Å². The average Bonchev–Trinajstić information content (AvgIpc) is 2.35. The van der Waals surface area contributed by atoms with E-state index in [0.717, 1.165) is 0 Å². The van der Waals surface area contributed by atoms with Gasteiger partial charge in [0.1, 0.15) is 10.2 Å². The highest BCUT2D eigenvalue weighted by atomic mass is 79.9. The number of H-pyrrole nitrogens is 1. The van der Waals surface area contributed by atoms with E-state index >= 15 is 0 Å². The Morgan fingerprint density at radius 2 is 2.33 bits per heavy atom. The molecule has 2 aromatic rings. The molecule has 5 nitrogen and oxygen atoms in total. The van der Waals surface area contributed by atoms with E-state index in [0.29, 0.717) is 26.7 Å². The minimum atomic E-state index is -0.297. The lowest BCUT2D eigenvalue weighted by Crippen LogP contribution is -2.14. The van der Waals surface area contributed by atoms with Gasteiger partial charge in [-0.25, -0.2) is 4.98 Å². The van der Waals surface area contributed by atoms with Crippen LogP contribution in [0.2, 0.25) is 5.02 Å². The molecule has 2 rings (SSSR count). The monoisotopic (exact) mass is 329 g/mol. The van der Waals surface area contributed by atoms with Crippen molar-refractivity contribution < 1.29 is 4.74 Å². The van der Waals surface area contributed by atoms with Crippen LogP contribution in [0.25, 0.3) is 11.5 Å². The Bertz CT molecular complexity index is 630. The van der Waals surface area contributed by atoms with Gasteiger partial charge in [0.2, 0.25) is 0 Å². The normalized spacial score (nSPS) is 10.6. The SMILES string of the molecule is COCc1nc(-c2ncccc2Cl)[nH]c(=O)c1Br. The van der Waals surface area contributed by atoms with Crippen molar-refractivity contribution in [1.82, 2.24) is 15.0 Å². The van der Waals surface area contributed by atoms with E-state index in [9.17, 15) is 4.79 Å². The molecule has 0 aromatic carbocycles. The fourth-order valence-electron chi connectivity index (χ4n) is 1.41. The van der Waals surface area contributed by atoms with E-state index in [1.807, 2.05) is 0 Å². The van der Waals surface area contributed by atoms with E-state index < -0.39 is 0 Å². The summed E-state index contributed by atoms with van der Waals surface area (Å²) >= 11 is 9.18. The van der Waals surface area contributed by atoms with Crippen molar-refractivity contribution in [3.05, 3.63) is 43.9 Å². The number of hydrogen-bond donors (Lipinski definition) is 1. The number of halogens is 2. The van der Waals surface area contributed by atoms with Crippen LogP contribution >= 0.6 is 27.5 Å². The molecule has 94 valence electrons. The third-order valence-corrected chi connectivity index (χ3v) is 3.32. The second-order valence-corrected chi connectivity index (χ2v) is 4.64. The van der Waals surface area contributed by atoms with Gasteiger partial charge in [-0.1, -0.05) is 11.6 Å². The molecule has 0 saturated heterocycles. The molecule has 18 heavy (non-hydrogen) atoms. The Morgan fingerprint density at radius 1 is 1.56 bits per heavy atom. The van der Waals surface area contributed by atoms with Gasteiger partial charge in [0.15, 0.2) is 5.82 Å². The molecule has 0 aliphatic rings. The summed E-state index contributed by atoms with van der Waals surface area (Å²) < 4.78 is 5.33. The highest BCUT2D eigenvalue weighted by Gasteiger charge is 2.12. The fourth-order valence-corrected chi connectivity index (χ4v) is 1.92. The molecule has 0 unspecified atom stereocenters. The molecular formula is C11H9BrClN3O2. The molecule has 2 aromatic heterocycles. The van der Waals surface area contributed by atoms with E-state index in [-0.39, 0.29) is 12.2 Å². The summed E-state index contributed by atoms with van der Waals surface area (Å²) in [6.07, 6.45) is 1.58. The summed E-state index contributed by atoms with van der Waals surface area (Å²) in [5.74, 6) is 0.320. The van der Waals surface area contributed by atoms with Gasteiger partial charge in [-0.15, -0.1) is 0 Å². The zero-order valence-electron chi connectivity index (χ0n) is 9.41. The van der Waals surface area contributed by atoms with Crippen molar-refractivity contribution >= 4 is 27.5 Å². The minimum absolute atomic E-state index is 0.224. The van der Waals surface area contributed by atoms with Crippen LogP contribution in [0, 0.1) is 0 Å². The number of nitrogens with one attached hydrogen (secondary N) is 1.